The Kier molecular flexibility index (Phi) is 2.84. The highest BCUT2D eigenvalue weighted by molar-refractivity contribution is 6.06. The highest BCUT2D eigenvalue weighted by Gasteiger charge is 2.66. The van der Waals surface area contributed by atoms with Gasteiger partial charge in [-0.15, -0.1) is 0 Å². The minimum atomic E-state index is -0.129. The lowest BCUT2D eigenvalue weighted by Gasteiger charge is -2.37. The molecule has 6 atom stereocenters. The molecule has 3 fully saturated rings. The van der Waals surface area contributed by atoms with Crippen LogP contribution in [0.1, 0.15) is 6.42 Å². The minimum Gasteiger partial charge on any atom is -0.495 e. The van der Waals surface area contributed by atoms with Crippen LogP contribution in [0, 0.1) is 35.5 Å². The Morgan fingerprint density at radius 3 is 2.33 bits per heavy atom. The van der Waals surface area contributed by atoms with E-state index in [0.717, 1.165) is 5.69 Å². The van der Waals surface area contributed by atoms with Crippen molar-refractivity contribution in [2.45, 2.75) is 6.42 Å². The number of carbonyl (C=O) groups is 2. The van der Waals surface area contributed by atoms with Crippen molar-refractivity contribution < 1.29 is 14.3 Å². The van der Waals surface area contributed by atoms with E-state index in [9.17, 15) is 9.59 Å². The summed E-state index contributed by atoms with van der Waals surface area (Å²) in [6.45, 7) is 0.208. The number of hydrogen-bond donors (Lipinski definition) is 1. The first kappa shape index (κ1) is 14.1. The summed E-state index contributed by atoms with van der Waals surface area (Å²) in [5.74, 6) is 2.27. The molecule has 24 heavy (non-hydrogen) atoms. The van der Waals surface area contributed by atoms with Gasteiger partial charge in [0.05, 0.1) is 31.3 Å². The minimum absolute atomic E-state index is 0.00269. The molecule has 1 saturated heterocycles. The van der Waals surface area contributed by atoms with Crippen molar-refractivity contribution in [2.75, 3.05) is 19.1 Å². The van der Waals surface area contributed by atoms with E-state index >= 15 is 0 Å². The Morgan fingerprint density at radius 2 is 1.71 bits per heavy atom. The highest BCUT2D eigenvalue weighted by atomic mass is 16.5. The fourth-order valence-corrected chi connectivity index (χ4v) is 5.13. The number of allylic oxidation sites excluding steroid dienone is 2. The Hall–Kier alpha value is -2.30. The average molecular weight is 324 g/mol. The molecule has 0 unspecified atom stereocenters. The van der Waals surface area contributed by atoms with E-state index in [0.29, 0.717) is 17.6 Å². The molecule has 5 aliphatic rings. The van der Waals surface area contributed by atoms with Crippen molar-refractivity contribution in [1.82, 2.24) is 4.90 Å². The zero-order valence-corrected chi connectivity index (χ0v) is 13.5. The SMILES string of the molecule is COc1ccccc1NCN1C(=O)[C@@H]2[C@H]3C=C[C@H]([C@H]4C[C@H]34)[C@@H]2C1=O. The first-order valence-electron chi connectivity index (χ1n) is 8.61. The number of ether oxygens (including phenoxy) is 1. The van der Waals surface area contributed by atoms with Gasteiger partial charge in [-0.2, -0.15) is 0 Å². The number of benzene rings is 1. The zero-order chi connectivity index (χ0) is 16.4. The van der Waals surface area contributed by atoms with Crippen LogP contribution in [-0.2, 0) is 9.59 Å². The van der Waals surface area contributed by atoms with Gasteiger partial charge in [0.15, 0.2) is 0 Å². The van der Waals surface area contributed by atoms with E-state index in [1.54, 1.807) is 7.11 Å². The molecule has 1 aliphatic heterocycles. The lowest BCUT2D eigenvalue weighted by Crippen LogP contribution is -2.40. The van der Waals surface area contributed by atoms with E-state index in [4.69, 9.17) is 4.74 Å². The molecule has 2 saturated carbocycles. The molecule has 0 radical (unpaired) electrons. The van der Waals surface area contributed by atoms with Crippen molar-refractivity contribution in [3.8, 4) is 5.75 Å². The molecule has 2 bridgehead atoms. The third-order valence-corrected chi connectivity index (χ3v) is 6.29. The second kappa shape index (κ2) is 4.85. The first-order chi connectivity index (χ1) is 11.7. The lowest BCUT2D eigenvalue weighted by molar-refractivity contribution is -0.139. The van der Waals surface area contributed by atoms with Crippen LogP contribution >= 0.6 is 0 Å². The monoisotopic (exact) mass is 324 g/mol. The molecular weight excluding hydrogens is 304 g/mol. The predicted molar refractivity (Wildman–Crippen MR) is 88.0 cm³/mol. The summed E-state index contributed by atoms with van der Waals surface area (Å²) < 4.78 is 5.31. The average Bonchev–Trinajstić information content (AvgIpc) is 3.39. The van der Waals surface area contributed by atoms with E-state index in [1.165, 1.54) is 11.3 Å². The number of anilines is 1. The lowest BCUT2D eigenvalue weighted by atomic mass is 9.63. The largest absolute Gasteiger partial charge is 0.495 e. The fourth-order valence-electron chi connectivity index (χ4n) is 5.13. The van der Waals surface area contributed by atoms with Gasteiger partial charge >= 0.3 is 0 Å². The van der Waals surface area contributed by atoms with Gasteiger partial charge in [-0.05, 0) is 42.2 Å². The summed E-state index contributed by atoms with van der Waals surface area (Å²) >= 11 is 0. The number of para-hydroxylation sites is 2. The van der Waals surface area contributed by atoms with E-state index in [2.05, 4.69) is 17.5 Å². The van der Waals surface area contributed by atoms with Crippen molar-refractivity contribution in [3.63, 3.8) is 0 Å². The van der Waals surface area contributed by atoms with Crippen LogP contribution in [0.4, 0.5) is 5.69 Å². The molecular formula is C19H20N2O3. The highest BCUT2D eigenvalue weighted by Crippen LogP contribution is 2.65. The van der Waals surface area contributed by atoms with E-state index in [1.807, 2.05) is 24.3 Å². The Balaban J connectivity index is 1.37. The number of amides is 2. The maximum atomic E-state index is 12.9. The van der Waals surface area contributed by atoms with Crippen LogP contribution in [0.15, 0.2) is 36.4 Å². The van der Waals surface area contributed by atoms with Gasteiger partial charge in [0.1, 0.15) is 5.75 Å². The van der Waals surface area contributed by atoms with Crippen LogP contribution in [0.5, 0.6) is 5.75 Å². The van der Waals surface area contributed by atoms with Crippen LogP contribution < -0.4 is 10.1 Å². The number of rotatable bonds is 4. The molecule has 2 amide bonds. The van der Waals surface area contributed by atoms with Crippen molar-refractivity contribution in [1.29, 1.82) is 0 Å². The van der Waals surface area contributed by atoms with Crippen LogP contribution in [-0.4, -0.2) is 30.5 Å². The van der Waals surface area contributed by atoms with Gasteiger partial charge in [-0.25, -0.2) is 0 Å². The Morgan fingerprint density at radius 1 is 1.08 bits per heavy atom. The molecule has 0 spiro atoms. The smallest absolute Gasteiger partial charge is 0.235 e. The number of methoxy groups -OCH3 is 1. The Labute approximate surface area is 140 Å². The van der Waals surface area contributed by atoms with Gasteiger partial charge < -0.3 is 10.1 Å². The zero-order valence-electron chi connectivity index (χ0n) is 13.5. The molecule has 5 heteroatoms. The van der Waals surface area contributed by atoms with Gasteiger partial charge in [-0.3, -0.25) is 14.5 Å². The van der Waals surface area contributed by atoms with E-state index < -0.39 is 0 Å². The van der Waals surface area contributed by atoms with Crippen LogP contribution in [0.2, 0.25) is 0 Å². The molecule has 1 N–H and O–H groups in total. The molecule has 5 nitrogen and oxygen atoms in total. The maximum Gasteiger partial charge on any atom is 0.235 e. The molecule has 124 valence electrons. The number of hydrogen-bond acceptors (Lipinski definition) is 4. The second-order valence-electron chi connectivity index (χ2n) is 7.29. The third kappa shape index (κ3) is 1.75. The van der Waals surface area contributed by atoms with Gasteiger partial charge in [-0.1, -0.05) is 24.3 Å². The third-order valence-electron chi connectivity index (χ3n) is 6.29. The molecule has 1 aromatic carbocycles. The van der Waals surface area contributed by atoms with Gasteiger partial charge in [0.25, 0.3) is 0 Å². The summed E-state index contributed by atoms with van der Waals surface area (Å²) in [5.41, 5.74) is 0.791. The number of likely N-dealkylation sites (tertiary alicyclic amines) is 1. The summed E-state index contributed by atoms with van der Waals surface area (Å²) in [6.07, 6.45) is 5.58. The molecule has 1 heterocycles. The van der Waals surface area contributed by atoms with Gasteiger partial charge in [0.2, 0.25) is 11.8 Å². The molecule has 0 aromatic heterocycles. The quantitative estimate of drug-likeness (QED) is 0.681. The number of imide groups is 1. The molecule has 6 rings (SSSR count). The number of carbonyl (C=O) groups excluding carboxylic acids is 2. The first-order valence-corrected chi connectivity index (χ1v) is 8.61. The van der Waals surface area contributed by atoms with Crippen molar-refractivity contribution >= 4 is 17.5 Å². The summed E-state index contributed by atoms with van der Waals surface area (Å²) in [5, 5.41) is 3.19. The Bertz CT molecular complexity index is 723. The summed E-state index contributed by atoms with van der Waals surface area (Å²) in [7, 11) is 1.61. The summed E-state index contributed by atoms with van der Waals surface area (Å²) in [6, 6.07) is 7.53. The van der Waals surface area contributed by atoms with Gasteiger partial charge in [0, 0.05) is 0 Å². The molecule has 1 aromatic rings. The predicted octanol–water partition coefficient (Wildman–Crippen LogP) is 2.12. The normalized spacial score (nSPS) is 38.1. The molecule has 4 aliphatic carbocycles. The van der Waals surface area contributed by atoms with Crippen molar-refractivity contribution in [3.05, 3.63) is 36.4 Å². The topological polar surface area (TPSA) is 58.6 Å². The van der Waals surface area contributed by atoms with Crippen LogP contribution in [0.25, 0.3) is 0 Å². The fraction of sp³-hybridized carbons (Fsp3) is 0.474. The summed E-state index contributed by atoms with van der Waals surface area (Å²) in [4.78, 5) is 27.2. The standard InChI is InChI=1S/C19H20N2O3/c1-24-15-5-3-2-4-14(15)20-9-21-18(22)16-10-6-7-11(13-8-12(10)13)17(16)19(21)23/h2-7,10-13,16-17,20H,8-9H2,1H3/t10-,11+,12-,13-,16+,17-/m1/s1. The van der Waals surface area contributed by atoms with Crippen molar-refractivity contribution in [2.24, 2.45) is 35.5 Å². The number of nitrogens with zero attached hydrogens (tertiary/aromatic N) is 1. The number of nitrogens with one attached hydrogen (secondary N) is 1. The van der Waals surface area contributed by atoms with E-state index in [-0.39, 0.29) is 42.2 Å². The maximum absolute atomic E-state index is 12.9. The second-order valence-corrected chi connectivity index (χ2v) is 7.29. The van der Waals surface area contributed by atoms with Crippen LogP contribution in [0.3, 0.4) is 0 Å².